The monoisotopic (exact) mass is 312 g/mol. The number of carbonyl (C=O) groups is 2. The summed E-state index contributed by atoms with van der Waals surface area (Å²) in [5.74, 6) is -1.65. The summed E-state index contributed by atoms with van der Waals surface area (Å²) >= 11 is 2.01. The fourth-order valence-corrected chi connectivity index (χ4v) is 1.31. The van der Waals surface area contributed by atoms with Crippen molar-refractivity contribution in [3.63, 3.8) is 0 Å². The minimum Gasteiger partial charge on any atom is -0.423 e. The van der Waals surface area contributed by atoms with Crippen molar-refractivity contribution in [3.8, 4) is 0 Å². The molecule has 0 N–H and O–H groups in total. The highest BCUT2D eigenvalue weighted by Gasteiger charge is 2.40. The molecule has 1 fully saturated rings. The number of carbonyl (C=O) groups excluding carboxylic acids is 2. The van der Waals surface area contributed by atoms with Crippen LogP contribution >= 0.6 is 22.6 Å². The standard InChI is InChI=1S/C9H13IO4/c1-3-6(10)8(12)14-9(2)5-4-7(11)13-9/h6H,3-5H2,1-2H3. The Labute approximate surface area is 96.5 Å². The maximum absolute atomic E-state index is 11.4. The summed E-state index contributed by atoms with van der Waals surface area (Å²) in [5, 5.41) is 0. The fourth-order valence-electron chi connectivity index (χ4n) is 1.19. The van der Waals surface area contributed by atoms with Gasteiger partial charge >= 0.3 is 11.9 Å². The lowest BCUT2D eigenvalue weighted by Gasteiger charge is -2.23. The van der Waals surface area contributed by atoms with Crippen LogP contribution in [0.4, 0.5) is 0 Å². The molecular weight excluding hydrogens is 299 g/mol. The van der Waals surface area contributed by atoms with Crippen molar-refractivity contribution in [2.24, 2.45) is 0 Å². The number of esters is 2. The summed E-state index contributed by atoms with van der Waals surface area (Å²) < 4.78 is 9.88. The normalized spacial score (nSPS) is 28.4. The van der Waals surface area contributed by atoms with E-state index in [2.05, 4.69) is 0 Å². The number of cyclic esters (lactones) is 1. The van der Waals surface area contributed by atoms with Crippen LogP contribution in [-0.4, -0.2) is 21.7 Å². The van der Waals surface area contributed by atoms with Gasteiger partial charge in [0.05, 0.1) is 6.42 Å². The molecule has 0 aliphatic carbocycles. The van der Waals surface area contributed by atoms with Crippen LogP contribution in [0.1, 0.15) is 33.1 Å². The van der Waals surface area contributed by atoms with E-state index in [4.69, 9.17) is 9.47 Å². The van der Waals surface area contributed by atoms with E-state index in [0.29, 0.717) is 19.3 Å². The van der Waals surface area contributed by atoms with Crippen LogP contribution in [0.3, 0.4) is 0 Å². The second kappa shape index (κ2) is 4.46. The first-order valence-electron chi connectivity index (χ1n) is 4.55. The molecule has 0 amide bonds. The third-order valence-electron chi connectivity index (χ3n) is 2.04. The topological polar surface area (TPSA) is 52.6 Å². The molecule has 2 atom stereocenters. The predicted octanol–water partition coefficient (Wildman–Crippen LogP) is 1.80. The second-order valence-corrected chi connectivity index (χ2v) is 4.91. The maximum atomic E-state index is 11.4. The molecule has 1 aliphatic rings. The van der Waals surface area contributed by atoms with E-state index < -0.39 is 5.79 Å². The van der Waals surface area contributed by atoms with Crippen molar-refractivity contribution in [1.29, 1.82) is 0 Å². The molecule has 1 rings (SSSR count). The van der Waals surface area contributed by atoms with Gasteiger partial charge in [0.15, 0.2) is 0 Å². The molecule has 0 aromatic carbocycles. The van der Waals surface area contributed by atoms with Crippen LogP contribution in [-0.2, 0) is 19.1 Å². The lowest BCUT2D eigenvalue weighted by Crippen LogP contribution is -2.34. The zero-order valence-electron chi connectivity index (χ0n) is 8.21. The molecule has 1 heterocycles. The third kappa shape index (κ3) is 2.83. The minimum absolute atomic E-state index is 0.177. The highest BCUT2D eigenvalue weighted by Crippen LogP contribution is 2.28. The highest BCUT2D eigenvalue weighted by molar-refractivity contribution is 14.1. The van der Waals surface area contributed by atoms with Gasteiger partial charge < -0.3 is 9.47 Å². The van der Waals surface area contributed by atoms with Crippen LogP contribution in [0.5, 0.6) is 0 Å². The Hall–Kier alpha value is -0.330. The van der Waals surface area contributed by atoms with Gasteiger partial charge in [-0.05, 0) is 6.42 Å². The quantitative estimate of drug-likeness (QED) is 0.453. The number of alkyl halides is 1. The summed E-state index contributed by atoms with van der Waals surface area (Å²) in [5.41, 5.74) is 0. The number of hydrogen-bond acceptors (Lipinski definition) is 4. The molecular formula is C9H13IO4. The van der Waals surface area contributed by atoms with E-state index in [1.165, 1.54) is 0 Å². The van der Waals surface area contributed by atoms with Gasteiger partial charge in [-0.15, -0.1) is 0 Å². The van der Waals surface area contributed by atoms with Gasteiger partial charge in [-0.3, -0.25) is 9.59 Å². The average Bonchev–Trinajstić information content (AvgIpc) is 2.44. The van der Waals surface area contributed by atoms with Gasteiger partial charge in [0.2, 0.25) is 0 Å². The summed E-state index contributed by atoms with van der Waals surface area (Å²) in [7, 11) is 0. The summed E-state index contributed by atoms with van der Waals surface area (Å²) in [6.45, 7) is 3.52. The highest BCUT2D eigenvalue weighted by atomic mass is 127. The molecule has 2 unspecified atom stereocenters. The molecule has 80 valence electrons. The summed E-state index contributed by atoms with van der Waals surface area (Å²) in [4.78, 5) is 22.3. The Bertz CT molecular complexity index is 253. The lowest BCUT2D eigenvalue weighted by atomic mass is 10.2. The van der Waals surface area contributed by atoms with Crippen molar-refractivity contribution in [1.82, 2.24) is 0 Å². The van der Waals surface area contributed by atoms with Gasteiger partial charge in [-0.2, -0.15) is 0 Å². The van der Waals surface area contributed by atoms with Crippen molar-refractivity contribution in [2.75, 3.05) is 0 Å². The number of hydrogen-bond donors (Lipinski definition) is 0. The average molecular weight is 312 g/mol. The van der Waals surface area contributed by atoms with E-state index in [-0.39, 0.29) is 15.9 Å². The third-order valence-corrected chi connectivity index (χ3v) is 3.43. The zero-order chi connectivity index (χ0) is 10.8. The summed E-state index contributed by atoms with van der Waals surface area (Å²) in [6, 6.07) is 0. The predicted molar refractivity (Wildman–Crippen MR) is 57.9 cm³/mol. The number of rotatable bonds is 3. The van der Waals surface area contributed by atoms with Crippen molar-refractivity contribution in [3.05, 3.63) is 0 Å². The van der Waals surface area contributed by atoms with Gasteiger partial charge in [-0.1, -0.05) is 29.5 Å². The van der Waals surface area contributed by atoms with Gasteiger partial charge in [0.25, 0.3) is 5.79 Å². The molecule has 14 heavy (non-hydrogen) atoms. The van der Waals surface area contributed by atoms with Gasteiger partial charge in [0.1, 0.15) is 3.92 Å². The number of ether oxygens (including phenoxy) is 2. The molecule has 0 aromatic rings. The Morgan fingerprint density at radius 1 is 1.79 bits per heavy atom. The van der Waals surface area contributed by atoms with Crippen molar-refractivity contribution >= 4 is 34.5 Å². The van der Waals surface area contributed by atoms with Crippen LogP contribution in [0, 0.1) is 0 Å². The van der Waals surface area contributed by atoms with E-state index >= 15 is 0 Å². The molecule has 4 nitrogen and oxygen atoms in total. The van der Waals surface area contributed by atoms with E-state index in [1.54, 1.807) is 6.92 Å². The second-order valence-electron chi connectivity index (χ2n) is 3.40. The van der Waals surface area contributed by atoms with Crippen LogP contribution < -0.4 is 0 Å². The largest absolute Gasteiger partial charge is 0.423 e. The SMILES string of the molecule is CCC(I)C(=O)OC1(C)CCC(=O)O1. The first kappa shape index (κ1) is 11.7. The minimum atomic E-state index is -1.03. The van der Waals surface area contributed by atoms with Crippen molar-refractivity contribution < 1.29 is 19.1 Å². The molecule has 0 bridgehead atoms. The van der Waals surface area contributed by atoms with Crippen LogP contribution in [0.25, 0.3) is 0 Å². The molecule has 1 aliphatic heterocycles. The van der Waals surface area contributed by atoms with E-state index in [1.807, 2.05) is 29.5 Å². The first-order valence-corrected chi connectivity index (χ1v) is 5.80. The molecule has 0 saturated carbocycles. The lowest BCUT2D eigenvalue weighted by molar-refractivity contribution is -0.206. The molecule has 5 heteroatoms. The Kier molecular flexibility index (Phi) is 3.74. The fraction of sp³-hybridized carbons (Fsp3) is 0.778. The smallest absolute Gasteiger partial charge is 0.322 e. The van der Waals surface area contributed by atoms with Crippen LogP contribution in [0.2, 0.25) is 0 Å². The Morgan fingerprint density at radius 2 is 2.43 bits per heavy atom. The molecule has 0 radical (unpaired) electrons. The van der Waals surface area contributed by atoms with E-state index in [0.717, 1.165) is 0 Å². The van der Waals surface area contributed by atoms with Crippen molar-refractivity contribution in [2.45, 2.75) is 42.8 Å². The van der Waals surface area contributed by atoms with Crippen LogP contribution in [0.15, 0.2) is 0 Å². The molecule has 0 spiro atoms. The Balaban J connectivity index is 2.51. The zero-order valence-corrected chi connectivity index (χ0v) is 10.4. The number of halogens is 1. The maximum Gasteiger partial charge on any atom is 0.322 e. The van der Waals surface area contributed by atoms with E-state index in [9.17, 15) is 9.59 Å². The Morgan fingerprint density at radius 3 is 2.86 bits per heavy atom. The van der Waals surface area contributed by atoms with Gasteiger partial charge in [0, 0.05) is 13.3 Å². The van der Waals surface area contributed by atoms with Gasteiger partial charge in [-0.25, -0.2) is 0 Å². The summed E-state index contributed by atoms with van der Waals surface area (Å²) in [6.07, 6.45) is 1.48. The molecule has 0 aromatic heterocycles. The first-order chi connectivity index (χ1) is 6.47. The molecule has 1 saturated heterocycles.